The van der Waals surface area contributed by atoms with Crippen molar-refractivity contribution < 1.29 is 27.9 Å². The van der Waals surface area contributed by atoms with Crippen LogP contribution in [0.3, 0.4) is 0 Å². The van der Waals surface area contributed by atoms with Crippen molar-refractivity contribution in [2.24, 2.45) is 0 Å². The minimum atomic E-state index is -3.62. The fourth-order valence-electron chi connectivity index (χ4n) is 2.68. The lowest BCUT2D eigenvalue weighted by Crippen LogP contribution is -2.45. The smallest absolute Gasteiger partial charge is 0.293 e. The molecule has 0 spiro atoms. The minimum Gasteiger partial charge on any atom is -0.378 e. The highest BCUT2D eigenvalue weighted by atomic mass is 32.2. The summed E-state index contributed by atoms with van der Waals surface area (Å²) in [4.78, 5) is 44.9. The first-order valence-corrected chi connectivity index (χ1v) is 11.3. The molecule has 0 aromatic heterocycles. The van der Waals surface area contributed by atoms with Crippen LogP contribution in [0.2, 0.25) is 0 Å². The SMILES string of the molecule is C[C@H](NC(=O)c1cccc([N+](=O)[O-])c1)C(=O)NCCNc1ccc(S(C)(=O)=O)cc1[N+](=O)[O-]. The van der Waals surface area contributed by atoms with Gasteiger partial charge in [-0.1, -0.05) is 6.07 Å². The second-order valence-corrected chi connectivity index (χ2v) is 8.94. The van der Waals surface area contributed by atoms with Gasteiger partial charge >= 0.3 is 0 Å². The molecule has 14 heteroatoms. The zero-order valence-corrected chi connectivity index (χ0v) is 18.4. The van der Waals surface area contributed by atoms with E-state index in [-0.39, 0.29) is 34.9 Å². The molecular weight excluding hydrogens is 458 g/mol. The first-order valence-electron chi connectivity index (χ1n) is 9.45. The van der Waals surface area contributed by atoms with Gasteiger partial charge in [0, 0.05) is 43.1 Å². The zero-order valence-electron chi connectivity index (χ0n) is 17.6. The Kier molecular flexibility index (Phi) is 8.01. The molecule has 2 aromatic carbocycles. The molecule has 13 nitrogen and oxygen atoms in total. The van der Waals surface area contributed by atoms with E-state index in [0.717, 1.165) is 18.4 Å². The number of benzene rings is 2. The molecule has 0 aliphatic carbocycles. The van der Waals surface area contributed by atoms with Gasteiger partial charge in [0.2, 0.25) is 5.91 Å². The normalized spacial score (nSPS) is 11.8. The quantitative estimate of drug-likeness (QED) is 0.256. The zero-order chi connectivity index (χ0) is 24.8. The summed E-state index contributed by atoms with van der Waals surface area (Å²) >= 11 is 0. The molecule has 2 amide bonds. The Labute approximate surface area is 188 Å². The third-order valence-electron chi connectivity index (χ3n) is 4.39. The van der Waals surface area contributed by atoms with E-state index < -0.39 is 43.2 Å². The Hall–Kier alpha value is -4.07. The second-order valence-electron chi connectivity index (χ2n) is 6.93. The van der Waals surface area contributed by atoms with Crippen molar-refractivity contribution in [2.75, 3.05) is 24.7 Å². The number of non-ortho nitro benzene ring substituents is 1. The number of nitro groups is 2. The van der Waals surface area contributed by atoms with Gasteiger partial charge in [-0.2, -0.15) is 0 Å². The molecule has 0 unspecified atom stereocenters. The molecule has 0 aliphatic rings. The molecule has 2 rings (SSSR count). The number of hydrogen-bond acceptors (Lipinski definition) is 9. The number of carbonyl (C=O) groups is 2. The Morgan fingerprint density at radius 2 is 1.73 bits per heavy atom. The van der Waals surface area contributed by atoms with Crippen LogP contribution >= 0.6 is 0 Å². The van der Waals surface area contributed by atoms with E-state index in [4.69, 9.17) is 0 Å². The van der Waals surface area contributed by atoms with Crippen molar-refractivity contribution in [2.45, 2.75) is 17.9 Å². The number of nitrogens with zero attached hydrogens (tertiary/aromatic N) is 2. The molecule has 1 atom stereocenters. The predicted molar refractivity (Wildman–Crippen MR) is 118 cm³/mol. The van der Waals surface area contributed by atoms with Crippen molar-refractivity contribution in [1.82, 2.24) is 10.6 Å². The number of sulfone groups is 1. The van der Waals surface area contributed by atoms with Crippen LogP contribution in [0.1, 0.15) is 17.3 Å². The van der Waals surface area contributed by atoms with Gasteiger partial charge in [0.15, 0.2) is 9.84 Å². The fourth-order valence-corrected chi connectivity index (χ4v) is 3.33. The molecule has 0 heterocycles. The van der Waals surface area contributed by atoms with E-state index in [1.165, 1.54) is 37.3 Å². The van der Waals surface area contributed by atoms with E-state index in [2.05, 4.69) is 16.0 Å². The van der Waals surface area contributed by atoms with Crippen LogP contribution in [0, 0.1) is 20.2 Å². The average Bonchev–Trinajstić information content (AvgIpc) is 2.75. The maximum Gasteiger partial charge on any atom is 0.293 e. The Balaban J connectivity index is 1.90. The standard InChI is InChI=1S/C19H21N5O8S/c1-12(22-19(26)13-4-3-5-14(10-13)23(27)28)18(25)21-9-8-20-16-7-6-15(33(2,31)32)11-17(16)24(29)30/h3-7,10-12,20H,8-9H2,1-2H3,(H,21,25)(H,22,26)/t12-/m0/s1. The first-order chi connectivity index (χ1) is 15.4. The lowest BCUT2D eigenvalue weighted by atomic mass is 10.1. The monoisotopic (exact) mass is 479 g/mol. The number of hydrogen-bond donors (Lipinski definition) is 3. The highest BCUT2D eigenvalue weighted by Gasteiger charge is 2.20. The van der Waals surface area contributed by atoms with Gasteiger partial charge in [-0.3, -0.25) is 29.8 Å². The van der Waals surface area contributed by atoms with Crippen LogP contribution in [0.5, 0.6) is 0 Å². The molecule has 0 fully saturated rings. The fraction of sp³-hybridized carbons (Fsp3) is 0.263. The Morgan fingerprint density at radius 1 is 1.03 bits per heavy atom. The number of amides is 2. The van der Waals surface area contributed by atoms with Crippen molar-refractivity contribution >= 4 is 38.7 Å². The lowest BCUT2D eigenvalue weighted by Gasteiger charge is -2.15. The molecular formula is C19H21N5O8S. The largest absolute Gasteiger partial charge is 0.378 e. The average molecular weight is 479 g/mol. The van der Waals surface area contributed by atoms with E-state index in [9.17, 15) is 38.2 Å². The molecule has 0 saturated carbocycles. The van der Waals surface area contributed by atoms with Crippen LogP contribution in [0.25, 0.3) is 0 Å². The van der Waals surface area contributed by atoms with Gasteiger partial charge in [0.1, 0.15) is 11.7 Å². The number of nitrogens with one attached hydrogen (secondary N) is 3. The van der Waals surface area contributed by atoms with E-state index >= 15 is 0 Å². The molecule has 3 N–H and O–H groups in total. The molecule has 0 aliphatic heterocycles. The third-order valence-corrected chi connectivity index (χ3v) is 5.50. The second kappa shape index (κ2) is 10.5. The van der Waals surface area contributed by atoms with Gasteiger partial charge < -0.3 is 16.0 Å². The predicted octanol–water partition coefficient (Wildman–Crippen LogP) is 1.25. The molecule has 176 valence electrons. The van der Waals surface area contributed by atoms with Crippen molar-refractivity contribution in [1.29, 1.82) is 0 Å². The van der Waals surface area contributed by atoms with E-state index in [1.807, 2.05) is 0 Å². The van der Waals surface area contributed by atoms with Crippen LogP contribution in [-0.2, 0) is 14.6 Å². The van der Waals surface area contributed by atoms with Crippen molar-refractivity contribution in [3.05, 3.63) is 68.3 Å². The van der Waals surface area contributed by atoms with Gasteiger partial charge in [-0.15, -0.1) is 0 Å². The molecule has 0 radical (unpaired) electrons. The summed E-state index contributed by atoms with van der Waals surface area (Å²) in [6.45, 7) is 1.55. The molecule has 2 aromatic rings. The Bertz CT molecular complexity index is 1200. The van der Waals surface area contributed by atoms with Crippen LogP contribution < -0.4 is 16.0 Å². The number of nitro benzene ring substituents is 2. The van der Waals surface area contributed by atoms with Crippen molar-refractivity contribution in [3.63, 3.8) is 0 Å². The van der Waals surface area contributed by atoms with Crippen molar-refractivity contribution in [3.8, 4) is 0 Å². The number of rotatable bonds is 10. The van der Waals surface area contributed by atoms with E-state index in [1.54, 1.807) is 0 Å². The highest BCUT2D eigenvalue weighted by molar-refractivity contribution is 7.90. The summed E-state index contributed by atoms with van der Waals surface area (Å²) in [6, 6.07) is 7.53. The third kappa shape index (κ3) is 6.96. The minimum absolute atomic E-state index is 0.0235. The summed E-state index contributed by atoms with van der Waals surface area (Å²) in [5.74, 6) is -1.21. The highest BCUT2D eigenvalue weighted by Crippen LogP contribution is 2.27. The maximum absolute atomic E-state index is 12.2. The van der Waals surface area contributed by atoms with Crippen LogP contribution in [0.15, 0.2) is 47.4 Å². The maximum atomic E-state index is 12.2. The van der Waals surface area contributed by atoms with Gasteiger partial charge in [-0.25, -0.2) is 8.42 Å². The molecule has 0 bridgehead atoms. The topological polar surface area (TPSA) is 191 Å². The molecule has 0 saturated heterocycles. The van der Waals surface area contributed by atoms with Gasteiger partial charge in [-0.05, 0) is 25.1 Å². The Morgan fingerprint density at radius 3 is 2.33 bits per heavy atom. The summed E-state index contributed by atoms with van der Waals surface area (Å²) in [6.07, 6.45) is 0.938. The first kappa shape index (κ1) is 25.2. The molecule has 33 heavy (non-hydrogen) atoms. The van der Waals surface area contributed by atoms with E-state index in [0.29, 0.717) is 0 Å². The lowest BCUT2D eigenvalue weighted by molar-refractivity contribution is -0.384. The summed E-state index contributed by atoms with van der Waals surface area (Å²) in [5.41, 5.74) is -0.588. The van der Waals surface area contributed by atoms with Gasteiger partial charge in [0.25, 0.3) is 17.3 Å². The van der Waals surface area contributed by atoms with Crippen LogP contribution in [-0.4, -0.2) is 55.5 Å². The summed E-state index contributed by atoms with van der Waals surface area (Å²) in [5, 5.41) is 29.8. The number of carbonyl (C=O) groups excluding carboxylic acids is 2. The summed E-state index contributed by atoms with van der Waals surface area (Å²) < 4.78 is 23.2. The van der Waals surface area contributed by atoms with Gasteiger partial charge in [0.05, 0.1) is 14.7 Å². The summed E-state index contributed by atoms with van der Waals surface area (Å²) in [7, 11) is -3.62. The van der Waals surface area contributed by atoms with Crippen LogP contribution in [0.4, 0.5) is 17.1 Å². The number of anilines is 1.